The van der Waals surface area contributed by atoms with Crippen molar-refractivity contribution < 1.29 is 4.79 Å². The first-order valence-corrected chi connectivity index (χ1v) is 6.63. The van der Waals surface area contributed by atoms with Crippen LogP contribution in [0.2, 0.25) is 0 Å². The second kappa shape index (κ2) is 4.28. The predicted octanol–water partition coefficient (Wildman–Crippen LogP) is 1.69. The van der Waals surface area contributed by atoms with E-state index < -0.39 is 6.17 Å². The summed E-state index contributed by atoms with van der Waals surface area (Å²) < 4.78 is 1.43. The maximum absolute atomic E-state index is 12.7. The minimum atomic E-state index is -0.502. The van der Waals surface area contributed by atoms with Gasteiger partial charge >= 0.3 is 0 Å². The van der Waals surface area contributed by atoms with Crippen LogP contribution in [0.1, 0.15) is 22.3 Å². The van der Waals surface area contributed by atoms with Crippen molar-refractivity contribution in [2.75, 3.05) is 0 Å². The number of benzene rings is 2. The number of nitrogens with one attached hydrogen (secondary N) is 1. The van der Waals surface area contributed by atoms with Crippen molar-refractivity contribution in [3.05, 3.63) is 76.3 Å². The van der Waals surface area contributed by atoms with Crippen LogP contribution in [-0.4, -0.2) is 15.5 Å². The first-order valence-electron chi connectivity index (χ1n) is 6.63. The fourth-order valence-corrected chi connectivity index (χ4v) is 2.67. The summed E-state index contributed by atoms with van der Waals surface area (Å²) in [4.78, 5) is 29.1. The molecule has 5 nitrogen and oxygen atoms in total. The number of nitrogens with zero attached hydrogens (tertiary/aromatic N) is 2. The van der Waals surface area contributed by atoms with E-state index in [4.69, 9.17) is 0 Å². The first-order chi connectivity index (χ1) is 10.3. The molecular formula is C16H11N3O2. The quantitative estimate of drug-likeness (QED) is 0.736. The summed E-state index contributed by atoms with van der Waals surface area (Å²) in [7, 11) is 0. The number of para-hydroxylation sites is 1. The molecule has 1 aromatic heterocycles. The molecule has 3 aromatic rings. The lowest BCUT2D eigenvalue weighted by Gasteiger charge is -2.14. The summed E-state index contributed by atoms with van der Waals surface area (Å²) in [5.41, 5.74) is 1.18. The molecule has 0 bridgehead atoms. The Hall–Kier alpha value is -2.95. The standard InChI is InChI=1S/C16H11N3O2/c20-15-14-17-12-9-5-4-8-11(12)16(21)19(14)13(18-15)10-6-2-1-3-7-10/h1-9,13H,(H,18,20)/t13-/m0/s1. The Morgan fingerprint density at radius 3 is 2.48 bits per heavy atom. The molecule has 1 aliphatic heterocycles. The van der Waals surface area contributed by atoms with Crippen molar-refractivity contribution in [3.8, 4) is 0 Å². The van der Waals surface area contributed by atoms with Gasteiger partial charge in [0.15, 0.2) is 0 Å². The maximum atomic E-state index is 12.7. The third-order valence-corrected chi connectivity index (χ3v) is 3.65. The first kappa shape index (κ1) is 11.8. The van der Waals surface area contributed by atoms with Crippen molar-refractivity contribution in [2.45, 2.75) is 6.17 Å². The van der Waals surface area contributed by atoms with Crippen LogP contribution in [0.25, 0.3) is 10.9 Å². The van der Waals surface area contributed by atoms with Crippen molar-refractivity contribution in [2.24, 2.45) is 0 Å². The molecule has 1 atom stereocenters. The van der Waals surface area contributed by atoms with E-state index in [0.29, 0.717) is 10.9 Å². The predicted molar refractivity (Wildman–Crippen MR) is 78.1 cm³/mol. The average Bonchev–Trinajstić information content (AvgIpc) is 2.86. The van der Waals surface area contributed by atoms with E-state index in [1.54, 1.807) is 24.3 Å². The Labute approximate surface area is 119 Å². The molecule has 21 heavy (non-hydrogen) atoms. The number of hydrogen-bond donors (Lipinski definition) is 1. The van der Waals surface area contributed by atoms with E-state index in [1.807, 2.05) is 30.3 Å². The summed E-state index contributed by atoms with van der Waals surface area (Å²) in [5, 5.41) is 3.33. The van der Waals surface area contributed by atoms with Gasteiger partial charge in [0.2, 0.25) is 5.82 Å². The van der Waals surface area contributed by atoms with Crippen molar-refractivity contribution in [3.63, 3.8) is 0 Å². The van der Waals surface area contributed by atoms with Crippen LogP contribution in [0, 0.1) is 0 Å². The smallest absolute Gasteiger partial charge is 0.289 e. The highest BCUT2D eigenvalue weighted by Gasteiger charge is 2.32. The summed E-state index contributed by atoms with van der Waals surface area (Å²) in [6.45, 7) is 0. The van der Waals surface area contributed by atoms with Crippen molar-refractivity contribution >= 4 is 16.8 Å². The van der Waals surface area contributed by atoms with Gasteiger partial charge in [-0.2, -0.15) is 0 Å². The molecule has 0 saturated heterocycles. The van der Waals surface area contributed by atoms with E-state index in [2.05, 4.69) is 10.3 Å². The fourth-order valence-electron chi connectivity index (χ4n) is 2.67. The molecule has 0 spiro atoms. The van der Waals surface area contributed by atoms with Crippen molar-refractivity contribution in [1.82, 2.24) is 14.9 Å². The second-order valence-electron chi connectivity index (χ2n) is 4.91. The maximum Gasteiger partial charge on any atom is 0.289 e. The van der Waals surface area contributed by atoms with Gasteiger partial charge in [-0.1, -0.05) is 42.5 Å². The number of carbonyl (C=O) groups excluding carboxylic acids is 1. The zero-order valence-electron chi connectivity index (χ0n) is 11.0. The third-order valence-electron chi connectivity index (χ3n) is 3.65. The van der Waals surface area contributed by atoms with Gasteiger partial charge < -0.3 is 5.32 Å². The highest BCUT2D eigenvalue weighted by Crippen LogP contribution is 2.22. The Bertz CT molecular complexity index is 916. The van der Waals surface area contributed by atoms with E-state index in [1.165, 1.54) is 4.57 Å². The Balaban J connectivity index is 2.03. The summed E-state index contributed by atoms with van der Waals surface area (Å²) in [6.07, 6.45) is -0.502. The van der Waals surface area contributed by atoms with Gasteiger partial charge in [0.1, 0.15) is 6.17 Å². The minimum Gasteiger partial charge on any atom is -0.325 e. The highest BCUT2D eigenvalue weighted by molar-refractivity contribution is 5.95. The summed E-state index contributed by atoms with van der Waals surface area (Å²) >= 11 is 0. The number of carbonyl (C=O) groups is 1. The third kappa shape index (κ3) is 1.67. The molecule has 2 heterocycles. The molecule has 1 amide bonds. The zero-order chi connectivity index (χ0) is 14.4. The highest BCUT2D eigenvalue weighted by atomic mass is 16.2. The molecule has 5 heteroatoms. The average molecular weight is 277 g/mol. The van der Waals surface area contributed by atoms with Crippen LogP contribution < -0.4 is 10.9 Å². The Morgan fingerprint density at radius 1 is 0.952 bits per heavy atom. The van der Waals surface area contributed by atoms with Crippen LogP contribution >= 0.6 is 0 Å². The van der Waals surface area contributed by atoms with E-state index >= 15 is 0 Å². The van der Waals surface area contributed by atoms with E-state index in [0.717, 1.165) is 5.56 Å². The lowest BCUT2D eigenvalue weighted by molar-refractivity contribution is 0.0956. The number of hydrogen-bond acceptors (Lipinski definition) is 3. The van der Waals surface area contributed by atoms with Gasteiger partial charge in [0.25, 0.3) is 11.5 Å². The molecule has 0 radical (unpaired) electrons. The van der Waals surface area contributed by atoms with Gasteiger partial charge in [-0.25, -0.2) is 4.98 Å². The summed E-state index contributed by atoms with van der Waals surface area (Å²) in [5.74, 6) is -0.167. The SMILES string of the molecule is O=C1N[C@H](c2ccccc2)n2c1nc1ccccc1c2=O. The number of fused-ring (bicyclic) bond motifs is 2. The topological polar surface area (TPSA) is 64.0 Å². The second-order valence-corrected chi connectivity index (χ2v) is 4.91. The van der Waals surface area contributed by atoms with E-state index in [-0.39, 0.29) is 17.3 Å². The molecule has 0 saturated carbocycles. The molecular weight excluding hydrogens is 266 g/mol. The Morgan fingerprint density at radius 2 is 1.67 bits per heavy atom. The molecule has 2 aromatic carbocycles. The van der Waals surface area contributed by atoms with Gasteiger partial charge in [-0.3, -0.25) is 14.2 Å². The van der Waals surface area contributed by atoms with Crippen LogP contribution in [0.5, 0.6) is 0 Å². The molecule has 0 aliphatic carbocycles. The lowest BCUT2D eigenvalue weighted by atomic mass is 10.1. The molecule has 0 fully saturated rings. The van der Waals surface area contributed by atoms with E-state index in [9.17, 15) is 9.59 Å². The molecule has 4 rings (SSSR count). The van der Waals surface area contributed by atoms with Crippen LogP contribution in [0.15, 0.2) is 59.4 Å². The zero-order valence-corrected chi connectivity index (χ0v) is 11.0. The lowest BCUT2D eigenvalue weighted by Crippen LogP contribution is -2.28. The Kier molecular flexibility index (Phi) is 2.41. The molecule has 0 unspecified atom stereocenters. The van der Waals surface area contributed by atoms with Crippen molar-refractivity contribution in [1.29, 1.82) is 0 Å². The molecule has 102 valence electrons. The van der Waals surface area contributed by atoms with Gasteiger partial charge in [-0.05, 0) is 17.7 Å². The van der Waals surface area contributed by atoms with Gasteiger partial charge in [0.05, 0.1) is 10.9 Å². The summed E-state index contributed by atoms with van der Waals surface area (Å²) in [6, 6.07) is 16.4. The molecule has 1 aliphatic rings. The minimum absolute atomic E-state index is 0.160. The van der Waals surface area contributed by atoms with Crippen LogP contribution in [0.3, 0.4) is 0 Å². The number of rotatable bonds is 1. The van der Waals surface area contributed by atoms with Gasteiger partial charge in [0, 0.05) is 0 Å². The normalized spacial score (nSPS) is 16.8. The monoisotopic (exact) mass is 277 g/mol. The number of amides is 1. The number of aromatic nitrogens is 2. The largest absolute Gasteiger partial charge is 0.325 e. The fraction of sp³-hybridized carbons (Fsp3) is 0.0625. The van der Waals surface area contributed by atoms with Crippen LogP contribution in [0.4, 0.5) is 0 Å². The van der Waals surface area contributed by atoms with Crippen LogP contribution in [-0.2, 0) is 0 Å². The molecule has 1 N–H and O–H groups in total. The van der Waals surface area contributed by atoms with Gasteiger partial charge in [-0.15, -0.1) is 0 Å².